The molecule has 0 aromatic heterocycles. The van der Waals surface area contributed by atoms with E-state index in [-0.39, 0.29) is 12.3 Å². The van der Waals surface area contributed by atoms with Gasteiger partial charge in [-0.2, -0.15) is 0 Å². The van der Waals surface area contributed by atoms with E-state index in [2.05, 4.69) is 19.2 Å². The predicted octanol–water partition coefficient (Wildman–Crippen LogP) is 4.36. The molecular weight excluding hydrogens is 281 g/mol. The zero-order valence-electron chi connectivity index (χ0n) is 12.8. The molecule has 0 radical (unpaired) electrons. The lowest BCUT2D eigenvalue weighted by atomic mass is 9.99. The summed E-state index contributed by atoms with van der Waals surface area (Å²) >= 11 is 0. The van der Waals surface area contributed by atoms with Gasteiger partial charge in [0, 0.05) is 0 Å². The van der Waals surface area contributed by atoms with Crippen LogP contribution in [0.2, 0.25) is 0 Å². The first-order valence-electron chi connectivity index (χ1n) is 7.37. The van der Waals surface area contributed by atoms with Crippen molar-refractivity contribution in [2.24, 2.45) is 0 Å². The Kier molecular flexibility index (Phi) is 5.53. The van der Waals surface area contributed by atoms with Gasteiger partial charge < -0.3 is 10.1 Å². The van der Waals surface area contributed by atoms with Crippen LogP contribution in [0.25, 0.3) is 0 Å². The highest BCUT2D eigenvalue weighted by molar-refractivity contribution is 5.91. The average molecular weight is 301 g/mol. The van der Waals surface area contributed by atoms with Crippen molar-refractivity contribution in [3.63, 3.8) is 0 Å². The number of hydrogen-bond acceptors (Lipinski definition) is 2. The maximum absolute atomic E-state index is 13.4. The highest BCUT2D eigenvalue weighted by atomic mass is 19.1. The molecule has 1 unspecified atom stereocenters. The van der Waals surface area contributed by atoms with Crippen molar-refractivity contribution in [1.29, 1.82) is 0 Å². The number of amides is 1. The van der Waals surface area contributed by atoms with Crippen LogP contribution in [-0.2, 0) is 4.79 Å². The van der Waals surface area contributed by atoms with Crippen LogP contribution < -0.4 is 10.1 Å². The molecule has 2 aromatic rings. The Bertz CT molecular complexity index is 625. The lowest BCUT2D eigenvalue weighted by molar-refractivity contribution is -0.118. The molecule has 0 saturated carbocycles. The van der Waals surface area contributed by atoms with Crippen LogP contribution in [0, 0.1) is 5.82 Å². The van der Waals surface area contributed by atoms with Gasteiger partial charge in [-0.05, 0) is 42.2 Å². The molecule has 2 aromatic carbocycles. The smallest absolute Gasteiger partial charge is 0.262 e. The highest BCUT2D eigenvalue weighted by Gasteiger charge is 2.08. The molecule has 1 amide bonds. The number of nitrogens with one attached hydrogen (secondary N) is 1. The van der Waals surface area contributed by atoms with Crippen molar-refractivity contribution in [1.82, 2.24) is 0 Å². The van der Waals surface area contributed by atoms with E-state index in [4.69, 9.17) is 4.74 Å². The number of rotatable bonds is 6. The van der Waals surface area contributed by atoms with Crippen LogP contribution >= 0.6 is 0 Å². The average Bonchev–Trinajstić information content (AvgIpc) is 2.55. The number of halogens is 1. The zero-order valence-corrected chi connectivity index (χ0v) is 12.8. The number of para-hydroxylation sites is 1. The van der Waals surface area contributed by atoms with E-state index in [1.54, 1.807) is 12.1 Å². The molecule has 0 saturated heterocycles. The summed E-state index contributed by atoms with van der Waals surface area (Å²) in [5, 5.41) is 2.48. The molecule has 0 heterocycles. The molecule has 0 aliphatic heterocycles. The van der Waals surface area contributed by atoms with E-state index >= 15 is 0 Å². The van der Waals surface area contributed by atoms with Crippen LogP contribution in [0.1, 0.15) is 31.7 Å². The molecule has 0 fully saturated rings. The molecule has 22 heavy (non-hydrogen) atoms. The lowest BCUT2D eigenvalue weighted by Gasteiger charge is -2.11. The van der Waals surface area contributed by atoms with Crippen molar-refractivity contribution >= 4 is 11.6 Å². The summed E-state index contributed by atoms with van der Waals surface area (Å²) in [5.74, 6) is 0.263. The van der Waals surface area contributed by atoms with Gasteiger partial charge >= 0.3 is 0 Å². The molecule has 0 aliphatic rings. The van der Waals surface area contributed by atoms with Crippen molar-refractivity contribution in [2.45, 2.75) is 26.2 Å². The molecule has 0 spiro atoms. The van der Waals surface area contributed by atoms with Crippen molar-refractivity contribution in [3.05, 3.63) is 59.9 Å². The first-order valence-corrected chi connectivity index (χ1v) is 7.37. The van der Waals surface area contributed by atoms with Gasteiger partial charge in [0.15, 0.2) is 6.61 Å². The van der Waals surface area contributed by atoms with E-state index in [1.165, 1.54) is 17.7 Å². The van der Waals surface area contributed by atoms with Crippen LogP contribution in [-0.4, -0.2) is 12.5 Å². The third kappa shape index (κ3) is 4.32. The summed E-state index contributed by atoms with van der Waals surface area (Å²) in [6.07, 6.45) is 1.07. The van der Waals surface area contributed by atoms with Crippen molar-refractivity contribution < 1.29 is 13.9 Å². The van der Waals surface area contributed by atoms with E-state index in [9.17, 15) is 9.18 Å². The van der Waals surface area contributed by atoms with Gasteiger partial charge in [0.05, 0.1) is 5.69 Å². The number of carbonyl (C=O) groups excluding carboxylic acids is 1. The topological polar surface area (TPSA) is 38.3 Å². The Morgan fingerprint density at radius 3 is 2.50 bits per heavy atom. The normalized spacial score (nSPS) is 11.8. The molecule has 116 valence electrons. The van der Waals surface area contributed by atoms with Crippen LogP contribution in [0.3, 0.4) is 0 Å². The molecule has 1 atom stereocenters. The molecule has 4 heteroatoms. The number of anilines is 1. The zero-order chi connectivity index (χ0) is 15.9. The Labute approximate surface area is 130 Å². The maximum Gasteiger partial charge on any atom is 0.262 e. The van der Waals surface area contributed by atoms with E-state index in [0.29, 0.717) is 11.7 Å². The minimum atomic E-state index is -0.464. The van der Waals surface area contributed by atoms with Crippen LogP contribution in [0.15, 0.2) is 48.5 Å². The molecule has 1 N–H and O–H groups in total. The first kappa shape index (κ1) is 16.0. The highest BCUT2D eigenvalue weighted by Crippen LogP contribution is 2.21. The van der Waals surface area contributed by atoms with Gasteiger partial charge in [0.25, 0.3) is 5.91 Å². The van der Waals surface area contributed by atoms with Gasteiger partial charge in [-0.25, -0.2) is 4.39 Å². The fraction of sp³-hybridized carbons (Fsp3) is 0.278. The predicted molar refractivity (Wildman–Crippen MR) is 85.7 cm³/mol. The molecule has 3 nitrogen and oxygen atoms in total. The number of carbonyl (C=O) groups is 1. The molecular formula is C18H20FNO2. The van der Waals surface area contributed by atoms with Gasteiger partial charge in [-0.1, -0.05) is 38.1 Å². The van der Waals surface area contributed by atoms with Crippen molar-refractivity contribution in [3.8, 4) is 5.75 Å². The Hall–Kier alpha value is -2.36. The summed E-state index contributed by atoms with van der Waals surface area (Å²) in [7, 11) is 0. The minimum Gasteiger partial charge on any atom is -0.484 e. The fourth-order valence-electron chi connectivity index (χ4n) is 2.03. The SMILES string of the molecule is CCC(C)c1ccc(OCC(=O)Nc2ccccc2F)cc1. The standard InChI is InChI=1S/C18H20FNO2/c1-3-13(2)14-8-10-15(11-9-14)22-12-18(21)20-17-7-5-4-6-16(17)19/h4-11,13H,3,12H2,1-2H3,(H,20,21). The summed E-state index contributed by atoms with van der Waals surface area (Å²) < 4.78 is 18.8. The largest absolute Gasteiger partial charge is 0.484 e. The monoisotopic (exact) mass is 301 g/mol. The Morgan fingerprint density at radius 2 is 1.86 bits per heavy atom. The van der Waals surface area contributed by atoms with Gasteiger partial charge in [-0.3, -0.25) is 4.79 Å². The minimum absolute atomic E-state index is 0.156. The second-order valence-electron chi connectivity index (χ2n) is 5.20. The second kappa shape index (κ2) is 7.59. The quantitative estimate of drug-likeness (QED) is 0.861. The lowest BCUT2D eigenvalue weighted by Crippen LogP contribution is -2.20. The number of benzene rings is 2. The van der Waals surface area contributed by atoms with Crippen molar-refractivity contribution in [2.75, 3.05) is 11.9 Å². The maximum atomic E-state index is 13.4. The Morgan fingerprint density at radius 1 is 1.18 bits per heavy atom. The van der Waals surface area contributed by atoms with E-state index in [0.717, 1.165) is 6.42 Å². The summed E-state index contributed by atoms with van der Waals surface area (Å²) in [6, 6.07) is 13.7. The Balaban J connectivity index is 1.87. The summed E-state index contributed by atoms with van der Waals surface area (Å²) in [5.41, 5.74) is 1.40. The summed E-state index contributed by atoms with van der Waals surface area (Å²) in [6.45, 7) is 4.15. The third-order valence-corrected chi connectivity index (χ3v) is 3.58. The molecule has 2 rings (SSSR count). The van der Waals surface area contributed by atoms with Crippen LogP contribution in [0.4, 0.5) is 10.1 Å². The van der Waals surface area contributed by atoms with Gasteiger partial charge in [-0.15, -0.1) is 0 Å². The molecule has 0 aliphatic carbocycles. The fourth-order valence-corrected chi connectivity index (χ4v) is 2.03. The van der Waals surface area contributed by atoms with E-state index < -0.39 is 11.7 Å². The van der Waals surface area contributed by atoms with Gasteiger partial charge in [0.1, 0.15) is 11.6 Å². The van der Waals surface area contributed by atoms with Crippen LogP contribution in [0.5, 0.6) is 5.75 Å². The van der Waals surface area contributed by atoms with Gasteiger partial charge in [0.2, 0.25) is 0 Å². The summed E-state index contributed by atoms with van der Waals surface area (Å²) in [4.78, 5) is 11.8. The van der Waals surface area contributed by atoms with E-state index in [1.807, 2.05) is 24.3 Å². The third-order valence-electron chi connectivity index (χ3n) is 3.58. The number of ether oxygens (including phenoxy) is 1. The molecule has 0 bridgehead atoms. The second-order valence-corrected chi connectivity index (χ2v) is 5.20. The first-order chi connectivity index (χ1) is 10.6. The number of hydrogen-bond donors (Lipinski definition) is 1.